The summed E-state index contributed by atoms with van der Waals surface area (Å²) in [7, 11) is 0. The zero-order valence-electron chi connectivity index (χ0n) is 36.3. The Bertz CT molecular complexity index is 2790. The second-order valence-corrected chi connectivity index (χ2v) is 19.7. The van der Waals surface area contributed by atoms with Crippen molar-refractivity contribution in [2.24, 2.45) is 5.92 Å². The Labute approximate surface area is 364 Å². The van der Waals surface area contributed by atoms with E-state index in [1.54, 1.807) is 4.90 Å². The molecule has 9 heteroatoms. The van der Waals surface area contributed by atoms with Gasteiger partial charge in [0.05, 0.1) is 11.5 Å². The molecule has 2 amide bonds. The molecule has 1 unspecified atom stereocenters. The molecule has 4 saturated heterocycles. The molecule has 1 aliphatic carbocycles. The standard InChI is InChI=1S/C53H59N5O4/c59-50-36-14-13-35-46-42(57-23-11-4-12-24-57)32-41-45-40(52(61)58(53(41)62)28-27-56-21-9-3-10-22-56)31-38-33(15-25-54-17-5-1-6-18-54)29-34-30-39(44(36)47(35)43(34)48(38)49(45)46)51(60)37(50)16-26-55-19-7-2-8-20-55/h13-14,29-32,37H,1-12,15-28H2. The Morgan fingerprint density at radius 3 is 1.68 bits per heavy atom. The minimum absolute atomic E-state index is 0.0401. The first-order valence-corrected chi connectivity index (χ1v) is 24.3. The molecule has 320 valence electrons. The average Bonchev–Trinajstić information content (AvgIpc) is 3.32. The number of carbonyl (C=O) groups excluding carboxylic acids is 4. The van der Waals surface area contributed by atoms with Gasteiger partial charge in [-0.3, -0.25) is 24.1 Å². The van der Waals surface area contributed by atoms with Crippen molar-refractivity contribution in [1.29, 1.82) is 0 Å². The maximum atomic E-state index is 15.0. The average molecular weight is 830 g/mol. The van der Waals surface area contributed by atoms with Gasteiger partial charge in [0, 0.05) is 76.6 Å². The summed E-state index contributed by atoms with van der Waals surface area (Å²) in [5.74, 6) is -1.15. The summed E-state index contributed by atoms with van der Waals surface area (Å²) >= 11 is 0. The van der Waals surface area contributed by atoms with Gasteiger partial charge in [-0.2, -0.15) is 0 Å². The molecule has 6 aromatic rings. The summed E-state index contributed by atoms with van der Waals surface area (Å²) in [6, 6.07) is 12.8. The molecule has 9 nitrogen and oxygen atoms in total. The van der Waals surface area contributed by atoms with E-state index in [4.69, 9.17) is 0 Å². The number of imide groups is 1. The number of piperidine rings is 4. The van der Waals surface area contributed by atoms with Gasteiger partial charge in [-0.1, -0.05) is 37.5 Å². The van der Waals surface area contributed by atoms with Crippen molar-refractivity contribution in [3.63, 3.8) is 0 Å². The number of Topliss-reactive ketones (excluding diaryl/α,β-unsaturated/α-hetero) is 2. The van der Waals surface area contributed by atoms with Crippen LogP contribution < -0.4 is 4.90 Å². The highest BCUT2D eigenvalue weighted by molar-refractivity contribution is 6.48. The molecule has 6 aliphatic rings. The van der Waals surface area contributed by atoms with Gasteiger partial charge in [-0.25, -0.2) is 0 Å². The molecular weight excluding hydrogens is 771 g/mol. The highest BCUT2D eigenvalue weighted by Crippen LogP contribution is 2.53. The van der Waals surface area contributed by atoms with Crippen LogP contribution in [0.4, 0.5) is 5.69 Å². The fourth-order valence-corrected chi connectivity index (χ4v) is 12.9. The van der Waals surface area contributed by atoms with Crippen molar-refractivity contribution in [1.82, 2.24) is 19.6 Å². The molecule has 6 aromatic carbocycles. The molecule has 0 spiro atoms. The molecule has 62 heavy (non-hydrogen) atoms. The second kappa shape index (κ2) is 15.5. The Kier molecular flexibility index (Phi) is 9.75. The van der Waals surface area contributed by atoms with Gasteiger partial charge >= 0.3 is 0 Å². The molecule has 0 radical (unpaired) electrons. The van der Waals surface area contributed by atoms with Gasteiger partial charge in [0.25, 0.3) is 11.8 Å². The number of likely N-dealkylation sites (tertiary alicyclic amines) is 3. The van der Waals surface area contributed by atoms with E-state index in [2.05, 4.69) is 49.9 Å². The summed E-state index contributed by atoms with van der Waals surface area (Å²) < 4.78 is 0. The third-order valence-electron chi connectivity index (χ3n) is 16.1. The highest BCUT2D eigenvalue weighted by Gasteiger charge is 2.41. The molecule has 0 bridgehead atoms. The van der Waals surface area contributed by atoms with E-state index in [9.17, 15) is 19.2 Å². The predicted octanol–water partition coefficient (Wildman–Crippen LogP) is 9.30. The van der Waals surface area contributed by atoms with Gasteiger partial charge in [0.2, 0.25) is 0 Å². The van der Waals surface area contributed by atoms with Crippen LogP contribution in [0.2, 0.25) is 0 Å². The van der Waals surface area contributed by atoms with Crippen molar-refractivity contribution in [3.05, 3.63) is 64.2 Å². The number of anilines is 1. The summed E-state index contributed by atoms with van der Waals surface area (Å²) in [5.41, 5.74) is 4.81. The largest absolute Gasteiger partial charge is 0.371 e. The molecule has 5 heterocycles. The maximum Gasteiger partial charge on any atom is 0.261 e. The van der Waals surface area contributed by atoms with E-state index >= 15 is 0 Å². The molecule has 12 rings (SSSR count). The third kappa shape index (κ3) is 6.11. The van der Waals surface area contributed by atoms with Gasteiger partial charge < -0.3 is 19.6 Å². The van der Waals surface area contributed by atoms with Crippen LogP contribution in [0.1, 0.15) is 130 Å². The first-order chi connectivity index (χ1) is 30.4. The fourth-order valence-electron chi connectivity index (χ4n) is 12.9. The monoisotopic (exact) mass is 829 g/mol. The first-order valence-electron chi connectivity index (χ1n) is 24.3. The van der Waals surface area contributed by atoms with Crippen molar-refractivity contribution in [2.75, 3.05) is 83.4 Å². The SMILES string of the molecule is O=C1c2ccc3c4c(N5CCCCC5)cc5c6c(cc7c(CCN8CCCCC8)cc8cc(c2c3c8c7c64)C(=O)C1CCN1CCCCC1)C(=O)N(CCN1CCCCC1)C5=O. The smallest absolute Gasteiger partial charge is 0.261 e. The predicted molar refractivity (Wildman–Crippen MR) is 249 cm³/mol. The van der Waals surface area contributed by atoms with Crippen LogP contribution in [-0.4, -0.2) is 122 Å². The van der Waals surface area contributed by atoms with Crippen LogP contribution in [-0.2, 0) is 6.42 Å². The molecule has 5 aliphatic heterocycles. The molecule has 0 aromatic heterocycles. The van der Waals surface area contributed by atoms with Gasteiger partial charge in [-0.15, -0.1) is 0 Å². The first kappa shape index (κ1) is 38.9. The number of hydrogen-bond acceptors (Lipinski definition) is 8. The minimum atomic E-state index is -0.682. The van der Waals surface area contributed by atoms with E-state index in [0.717, 1.165) is 157 Å². The Balaban J connectivity index is 1.11. The lowest BCUT2D eigenvalue weighted by atomic mass is 9.73. The Morgan fingerprint density at radius 2 is 1.00 bits per heavy atom. The van der Waals surface area contributed by atoms with Gasteiger partial charge in [0.1, 0.15) is 0 Å². The Morgan fingerprint density at radius 1 is 0.435 bits per heavy atom. The van der Waals surface area contributed by atoms with Gasteiger partial charge in [0.15, 0.2) is 11.6 Å². The van der Waals surface area contributed by atoms with E-state index in [-0.39, 0.29) is 23.4 Å². The molecular formula is C53H59N5O4. The molecule has 0 N–H and O–H groups in total. The highest BCUT2D eigenvalue weighted by atomic mass is 16.2. The number of ketones is 2. The van der Waals surface area contributed by atoms with Crippen molar-refractivity contribution < 1.29 is 19.2 Å². The summed E-state index contributed by atoms with van der Waals surface area (Å²) in [6.45, 7) is 10.8. The van der Waals surface area contributed by atoms with Crippen LogP contribution in [0.3, 0.4) is 0 Å². The Hall–Kier alpha value is -4.70. The maximum absolute atomic E-state index is 15.0. The minimum Gasteiger partial charge on any atom is -0.371 e. The normalized spacial score (nSPS) is 22.3. The number of amides is 2. The zero-order valence-corrected chi connectivity index (χ0v) is 36.3. The number of fused-ring (bicyclic) bond motifs is 1. The van der Waals surface area contributed by atoms with Crippen molar-refractivity contribution in [3.8, 4) is 0 Å². The summed E-state index contributed by atoms with van der Waals surface area (Å²) in [6.07, 6.45) is 15.5. The van der Waals surface area contributed by atoms with Crippen LogP contribution in [0.5, 0.6) is 0 Å². The number of rotatable bonds is 10. The number of carbonyl (C=O) groups is 4. The van der Waals surface area contributed by atoms with Crippen molar-refractivity contribution >= 4 is 82.9 Å². The quantitative estimate of drug-likeness (QED) is 0.0585. The number of hydrogen-bond donors (Lipinski definition) is 0. The van der Waals surface area contributed by atoms with E-state index < -0.39 is 5.92 Å². The van der Waals surface area contributed by atoms with Crippen LogP contribution in [0.15, 0.2) is 36.4 Å². The fraction of sp³-hybridized carbons (Fsp3) is 0.509. The lowest BCUT2D eigenvalue weighted by molar-refractivity contribution is 0.0587. The van der Waals surface area contributed by atoms with Gasteiger partial charge in [-0.05, 0) is 173 Å². The molecule has 1 atom stereocenters. The second-order valence-electron chi connectivity index (χ2n) is 19.7. The number of benzene rings is 6. The van der Waals surface area contributed by atoms with E-state index in [1.807, 2.05) is 6.07 Å². The molecule has 0 saturated carbocycles. The third-order valence-corrected chi connectivity index (χ3v) is 16.1. The van der Waals surface area contributed by atoms with Crippen LogP contribution >= 0.6 is 0 Å². The lowest BCUT2D eigenvalue weighted by Crippen LogP contribution is -2.45. The number of nitrogens with zero attached hydrogens (tertiary/aromatic N) is 5. The van der Waals surface area contributed by atoms with E-state index in [0.29, 0.717) is 41.8 Å². The lowest BCUT2D eigenvalue weighted by Gasteiger charge is -2.36. The van der Waals surface area contributed by atoms with Crippen LogP contribution in [0.25, 0.3) is 53.9 Å². The zero-order chi connectivity index (χ0) is 41.6. The van der Waals surface area contributed by atoms with E-state index in [1.165, 1.54) is 56.9 Å². The van der Waals surface area contributed by atoms with Crippen molar-refractivity contribution in [2.45, 2.75) is 89.9 Å². The summed E-state index contributed by atoms with van der Waals surface area (Å²) in [4.78, 5) is 71.0. The van der Waals surface area contributed by atoms with Crippen LogP contribution in [0, 0.1) is 5.92 Å². The molecule has 4 fully saturated rings. The topological polar surface area (TPSA) is 84.5 Å². The summed E-state index contributed by atoms with van der Waals surface area (Å²) in [5, 5.41) is 9.84.